The average molecular weight is 438 g/mol. The lowest BCUT2D eigenvalue weighted by Crippen LogP contribution is -2.09. The number of fused-ring (bicyclic) bond motifs is 1. The zero-order valence-electron chi connectivity index (χ0n) is 16.7. The molecule has 5 rings (SSSR count). The van der Waals surface area contributed by atoms with Crippen LogP contribution in [-0.2, 0) is 17.6 Å². The van der Waals surface area contributed by atoms with Gasteiger partial charge in [-0.05, 0) is 61.4 Å². The van der Waals surface area contributed by atoms with Gasteiger partial charge in [-0.1, -0.05) is 29.0 Å². The number of carbonyl (C=O) groups is 1. The van der Waals surface area contributed by atoms with Crippen LogP contribution in [0.15, 0.2) is 30.7 Å². The van der Waals surface area contributed by atoms with Crippen molar-refractivity contribution in [3.8, 4) is 5.69 Å². The van der Waals surface area contributed by atoms with Crippen LogP contribution in [0.5, 0.6) is 0 Å². The Kier molecular flexibility index (Phi) is 4.87. The maximum absolute atomic E-state index is 12.9. The number of hydrogen-bond donors (Lipinski definition) is 0. The summed E-state index contributed by atoms with van der Waals surface area (Å²) in [5, 5.41) is 5.85. The van der Waals surface area contributed by atoms with Gasteiger partial charge in [-0.2, -0.15) is 5.10 Å². The molecular weight excluding hydrogens is 418 g/mol. The highest BCUT2D eigenvalue weighted by molar-refractivity contribution is 7.18. The molecule has 3 heterocycles. The molecule has 8 heteroatoms. The van der Waals surface area contributed by atoms with E-state index >= 15 is 0 Å². The zero-order chi connectivity index (χ0) is 20.8. The van der Waals surface area contributed by atoms with Gasteiger partial charge in [0.25, 0.3) is 0 Å². The van der Waals surface area contributed by atoms with Crippen molar-refractivity contribution < 1.29 is 4.79 Å². The first kappa shape index (κ1) is 19.3. The van der Waals surface area contributed by atoms with Gasteiger partial charge in [0.05, 0.1) is 15.7 Å². The molecule has 152 valence electrons. The van der Waals surface area contributed by atoms with Gasteiger partial charge in [0.15, 0.2) is 0 Å². The largest absolute Gasteiger partial charge is 0.299 e. The first-order valence-corrected chi connectivity index (χ1v) is 11.1. The van der Waals surface area contributed by atoms with Crippen LogP contribution in [0.1, 0.15) is 46.3 Å². The van der Waals surface area contributed by atoms with E-state index in [9.17, 15) is 4.79 Å². The van der Waals surface area contributed by atoms with Crippen molar-refractivity contribution >= 4 is 39.1 Å². The van der Waals surface area contributed by atoms with Crippen LogP contribution in [0.4, 0.5) is 0 Å². The summed E-state index contributed by atoms with van der Waals surface area (Å²) >= 11 is 8.05. The van der Waals surface area contributed by atoms with Crippen molar-refractivity contribution in [2.24, 2.45) is 0 Å². The van der Waals surface area contributed by atoms with Crippen LogP contribution >= 0.6 is 22.9 Å². The van der Waals surface area contributed by atoms with E-state index < -0.39 is 0 Å². The molecular formula is C22H20ClN5OS. The minimum Gasteiger partial charge on any atom is -0.299 e. The highest BCUT2D eigenvalue weighted by atomic mass is 35.5. The summed E-state index contributed by atoms with van der Waals surface area (Å²) in [6.07, 6.45) is 6.52. The van der Waals surface area contributed by atoms with E-state index in [-0.39, 0.29) is 5.78 Å². The van der Waals surface area contributed by atoms with Crippen molar-refractivity contribution in [3.63, 3.8) is 0 Å². The van der Waals surface area contributed by atoms with Gasteiger partial charge in [0.2, 0.25) is 0 Å². The van der Waals surface area contributed by atoms with Crippen LogP contribution in [0.3, 0.4) is 0 Å². The molecule has 0 unspecified atom stereocenters. The minimum atomic E-state index is 0.144. The molecule has 1 aliphatic rings. The normalized spacial score (nSPS) is 13.8. The molecule has 1 aliphatic carbocycles. The Morgan fingerprint density at radius 2 is 2.07 bits per heavy atom. The quantitative estimate of drug-likeness (QED) is 0.434. The van der Waals surface area contributed by atoms with Crippen molar-refractivity contribution in [2.75, 3.05) is 0 Å². The summed E-state index contributed by atoms with van der Waals surface area (Å²) in [4.78, 5) is 27.2. The van der Waals surface area contributed by atoms with Crippen LogP contribution in [0.2, 0.25) is 5.02 Å². The van der Waals surface area contributed by atoms with Gasteiger partial charge >= 0.3 is 0 Å². The van der Waals surface area contributed by atoms with Crippen molar-refractivity contribution in [1.29, 1.82) is 0 Å². The number of aryl methyl sites for hydroxylation is 2. The summed E-state index contributed by atoms with van der Waals surface area (Å²) in [6, 6.07) is 5.63. The Labute approximate surface area is 183 Å². The Hall–Kier alpha value is -2.64. The first-order valence-electron chi connectivity index (χ1n) is 9.91. The summed E-state index contributed by atoms with van der Waals surface area (Å²) in [7, 11) is 0. The molecule has 1 aromatic carbocycles. The third-order valence-corrected chi connectivity index (χ3v) is 6.48. The molecule has 0 spiro atoms. The molecule has 4 aromatic rings. The number of halogens is 1. The second kappa shape index (κ2) is 7.56. The Morgan fingerprint density at radius 3 is 2.77 bits per heavy atom. The lowest BCUT2D eigenvalue weighted by atomic mass is 9.97. The monoisotopic (exact) mass is 437 g/mol. The molecule has 0 radical (unpaired) electrons. The standard InChI is InChI=1S/C22H20ClN5OS/c1-12-25-11-28(27-12)19-6-3-14(8-18(19)23)7-17(29)9-16-10-24-22-21(26-13(2)30-22)20(16)15-4-5-15/h3,6,8,10-11,15H,4-5,7,9H2,1-2H3. The van der Waals surface area contributed by atoms with Crippen molar-refractivity contribution in [2.45, 2.75) is 45.4 Å². The van der Waals surface area contributed by atoms with Crippen molar-refractivity contribution in [3.05, 3.63) is 63.3 Å². The molecule has 6 nitrogen and oxygen atoms in total. The van der Waals surface area contributed by atoms with Crippen LogP contribution in [0, 0.1) is 13.8 Å². The van der Waals surface area contributed by atoms with Gasteiger partial charge in [-0.25, -0.2) is 19.6 Å². The van der Waals surface area contributed by atoms with Crippen LogP contribution in [0.25, 0.3) is 16.0 Å². The predicted molar refractivity (Wildman–Crippen MR) is 118 cm³/mol. The molecule has 30 heavy (non-hydrogen) atoms. The van der Waals surface area contributed by atoms with E-state index in [1.54, 1.807) is 22.3 Å². The zero-order valence-corrected chi connectivity index (χ0v) is 18.3. The number of aromatic nitrogens is 5. The highest BCUT2D eigenvalue weighted by Crippen LogP contribution is 2.45. The Bertz CT molecular complexity index is 1270. The summed E-state index contributed by atoms with van der Waals surface area (Å²) in [5.74, 6) is 1.34. The first-order chi connectivity index (χ1) is 14.5. The van der Waals surface area contributed by atoms with E-state index in [4.69, 9.17) is 16.6 Å². The van der Waals surface area contributed by atoms with Gasteiger partial charge in [0.1, 0.15) is 28.3 Å². The van der Waals surface area contributed by atoms with Crippen LogP contribution < -0.4 is 0 Å². The summed E-state index contributed by atoms with van der Waals surface area (Å²) in [6.45, 7) is 3.83. The van der Waals surface area contributed by atoms with Crippen molar-refractivity contribution in [1.82, 2.24) is 24.7 Å². The molecule has 0 saturated heterocycles. The van der Waals surface area contributed by atoms with E-state index in [2.05, 4.69) is 15.1 Å². The van der Waals surface area contributed by atoms with Gasteiger partial charge in [-0.3, -0.25) is 4.79 Å². The fourth-order valence-corrected chi connectivity index (χ4v) is 4.88. The maximum Gasteiger partial charge on any atom is 0.147 e. The summed E-state index contributed by atoms with van der Waals surface area (Å²) < 4.78 is 1.64. The molecule has 0 atom stereocenters. The lowest BCUT2D eigenvalue weighted by Gasteiger charge is -2.10. The highest BCUT2D eigenvalue weighted by Gasteiger charge is 2.30. The topological polar surface area (TPSA) is 73.6 Å². The van der Waals surface area contributed by atoms with Gasteiger partial charge in [-0.15, -0.1) is 0 Å². The SMILES string of the molecule is Cc1ncn(-c2ccc(CC(=O)Cc3cnc4sc(C)nc4c3C3CC3)cc2Cl)n1. The second-order valence-corrected chi connectivity index (χ2v) is 9.36. The minimum absolute atomic E-state index is 0.144. The van der Waals surface area contributed by atoms with E-state index in [0.717, 1.165) is 45.0 Å². The van der Waals surface area contributed by atoms with Crippen LogP contribution in [-0.4, -0.2) is 30.5 Å². The number of thiazole rings is 1. The maximum atomic E-state index is 12.9. The van der Waals surface area contributed by atoms with E-state index in [0.29, 0.717) is 29.6 Å². The Morgan fingerprint density at radius 1 is 1.23 bits per heavy atom. The van der Waals surface area contributed by atoms with Gasteiger partial charge in [0, 0.05) is 19.0 Å². The van der Waals surface area contributed by atoms with E-state index in [1.807, 2.05) is 38.2 Å². The number of carbonyl (C=O) groups excluding carboxylic acids is 1. The number of nitrogens with zero attached hydrogens (tertiary/aromatic N) is 5. The molecule has 1 fully saturated rings. The lowest BCUT2D eigenvalue weighted by molar-refractivity contribution is -0.117. The number of ketones is 1. The molecule has 0 aliphatic heterocycles. The number of hydrogen-bond acceptors (Lipinski definition) is 6. The smallest absolute Gasteiger partial charge is 0.147 e. The summed E-state index contributed by atoms with van der Waals surface area (Å²) in [5.41, 5.74) is 4.87. The average Bonchev–Trinajstić information content (AvgIpc) is 3.32. The van der Waals surface area contributed by atoms with E-state index in [1.165, 1.54) is 5.56 Å². The second-order valence-electron chi connectivity index (χ2n) is 7.77. The Balaban J connectivity index is 1.36. The third kappa shape index (κ3) is 3.75. The molecule has 0 bridgehead atoms. The number of Topliss-reactive ketones (excluding diaryl/α,β-unsaturated/α-hetero) is 1. The fraction of sp³-hybridized carbons (Fsp3) is 0.318. The number of benzene rings is 1. The molecule has 0 N–H and O–H groups in total. The molecule has 0 amide bonds. The molecule has 3 aromatic heterocycles. The predicted octanol–water partition coefficient (Wildman–Crippen LogP) is 4.77. The molecule has 1 saturated carbocycles. The number of rotatable bonds is 6. The third-order valence-electron chi connectivity index (χ3n) is 5.29. The van der Waals surface area contributed by atoms with Gasteiger partial charge < -0.3 is 0 Å². The fourth-order valence-electron chi connectivity index (χ4n) is 3.82. The number of pyridine rings is 1.